The highest BCUT2D eigenvalue weighted by molar-refractivity contribution is 7.80. The minimum absolute atomic E-state index is 0.172. The van der Waals surface area contributed by atoms with Crippen LogP contribution in [-0.4, -0.2) is 40.2 Å². The number of carbonyl (C=O) groups is 2. The van der Waals surface area contributed by atoms with Gasteiger partial charge in [0.25, 0.3) is 0 Å². The van der Waals surface area contributed by atoms with E-state index in [1.165, 1.54) is 4.90 Å². The molecule has 0 bridgehead atoms. The lowest BCUT2D eigenvalue weighted by Crippen LogP contribution is -2.43. The van der Waals surface area contributed by atoms with Gasteiger partial charge in [-0.3, -0.25) is 4.79 Å². The number of benzene rings is 1. The molecule has 0 saturated carbocycles. The molecule has 1 heterocycles. The number of carboxylic acid groups (broad SMARTS) is 1. The van der Waals surface area contributed by atoms with Crippen molar-refractivity contribution in [3.63, 3.8) is 0 Å². The summed E-state index contributed by atoms with van der Waals surface area (Å²) in [7, 11) is 0. The Morgan fingerprint density at radius 3 is 2.60 bits per heavy atom. The fourth-order valence-corrected chi connectivity index (χ4v) is 2.39. The number of carbonyl (C=O) groups excluding carboxylic acids is 1. The lowest BCUT2D eigenvalue weighted by atomic mass is 10.1. The van der Waals surface area contributed by atoms with Gasteiger partial charge in [0.2, 0.25) is 5.91 Å². The zero-order valence-electron chi connectivity index (χ0n) is 11.2. The highest BCUT2D eigenvalue weighted by atomic mass is 32.1. The second-order valence-electron chi connectivity index (χ2n) is 4.89. The van der Waals surface area contributed by atoms with Crippen molar-refractivity contribution in [3.05, 3.63) is 42.0 Å². The molecule has 20 heavy (non-hydrogen) atoms. The van der Waals surface area contributed by atoms with Crippen LogP contribution >= 0.6 is 12.6 Å². The van der Waals surface area contributed by atoms with Crippen molar-refractivity contribution < 1.29 is 14.7 Å². The first kappa shape index (κ1) is 14.7. The van der Waals surface area contributed by atoms with Gasteiger partial charge in [-0.05, 0) is 17.2 Å². The van der Waals surface area contributed by atoms with Gasteiger partial charge in [-0.1, -0.05) is 37.3 Å². The highest BCUT2D eigenvalue weighted by Gasteiger charge is 2.35. The van der Waals surface area contributed by atoms with Crippen molar-refractivity contribution in [3.8, 4) is 0 Å². The maximum atomic E-state index is 12.2. The summed E-state index contributed by atoms with van der Waals surface area (Å²) in [6, 6.07) is 8.64. The molecule has 1 aliphatic heterocycles. The van der Waals surface area contributed by atoms with Gasteiger partial charge in [0.15, 0.2) is 0 Å². The van der Waals surface area contributed by atoms with Crippen molar-refractivity contribution in [1.82, 2.24) is 4.90 Å². The minimum Gasteiger partial charge on any atom is -0.479 e. The number of rotatable bonds is 4. The molecule has 1 amide bonds. The monoisotopic (exact) mass is 291 g/mol. The molecule has 1 aliphatic rings. The molecule has 0 saturated heterocycles. The topological polar surface area (TPSA) is 57.6 Å². The van der Waals surface area contributed by atoms with E-state index in [0.717, 1.165) is 11.1 Å². The predicted octanol–water partition coefficient (Wildman–Crippen LogP) is 1.93. The van der Waals surface area contributed by atoms with E-state index >= 15 is 0 Å². The summed E-state index contributed by atoms with van der Waals surface area (Å²) in [4.78, 5) is 25.0. The summed E-state index contributed by atoms with van der Waals surface area (Å²) in [6.45, 7) is 2.09. The van der Waals surface area contributed by atoms with Crippen molar-refractivity contribution >= 4 is 30.1 Å². The molecule has 106 valence electrons. The Morgan fingerprint density at radius 1 is 1.40 bits per heavy atom. The molecule has 1 aromatic carbocycles. The summed E-state index contributed by atoms with van der Waals surface area (Å²) in [5.41, 5.74) is 1.82. The minimum atomic E-state index is -1.00. The van der Waals surface area contributed by atoms with Gasteiger partial charge in [-0.25, -0.2) is 4.79 Å². The first-order valence-corrected chi connectivity index (χ1v) is 7.08. The van der Waals surface area contributed by atoms with E-state index in [4.69, 9.17) is 0 Å². The van der Waals surface area contributed by atoms with E-state index in [1.54, 1.807) is 13.0 Å². The number of thiol groups is 1. The van der Waals surface area contributed by atoms with Crippen LogP contribution in [-0.2, 0) is 9.59 Å². The van der Waals surface area contributed by atoms with E-state index in [2.05, 4.69) is 12.6 Å². The van der Waals surface area contributed by atoms with Crippen molar-refractivity contribution in [2.75, 3.05) is 12.3 Å². The molecule has 4 nitrogen and oxygen atoms in total. The number of carboxylic acids is 1. The molecule has 0 radical (unpaired) electrons. The third kappa shape index (κ3) is 2.88. The summed E-state index contributed by atoms with van der Waals surface area (Å²) in [5.74, 6) is -1.06. The number of hydrogen-bond acceptors (Lipinski definition) is 3. The van der Waals surface area contributed by atoms with Crippen LogP contribution in [0.1, 0.15) is 12.5 Å². The number of nitrogens with zero attached hydrogens (tertiary/aromatic N) is 1. The van der Waals surface area contributed by atoms with Crippen LogP contribution in [0, 0.1) is 5.92 Å². The lowest BCUT2D eigenvalue weighted by Gasteiger charge is -2.24. The highest BCUT2D eigenvalue weighted by Crippen LogP contribution is 2.26. The van der Waals surface area contributed by atoms with Crippen LogP contribution in [0.2, 0.25) is 0 Å². The van der Waals surface area contributed by atoms with E-state index in [1.807, 2.05) is 30.3 Å². The number of hydrogen-bond donors (Lipinski definition) is 2. The normalized spacial score (nSPS) is 19.6. The number of aliphatic carboxylic acids is 1. The Balaban J connectivity index is 2.26. The Hall–Kier alpha value is -1.75. The summed E-state index contributed by atoms with van der Waals surface area (Å²) in [5, 5.41) is 9.29. The molecule has 2 atom stereocenters. The molecule has 1 aromatic rings. The van der Waals surface area contributed by atoms with E-state index in [-0.39, 0.29) is 11.8 Å². The van der Waals surface area contributed by atoms with Crippen LogP contribution < -0.4 is 0 Å². The predicted molar refractivity (Wildman–Crippen MR) is 80.6 cm³/mol. The fourth-order valence-electron chi connectivity index (χ4n) is 2.24. The van der Waals surface area contributed by atoms with Crippen LogP contribution in [0.4, 0.5) is 0 Å². The lowest BCUT2D eigenvalue weighted by molar-refractivity contribution is -0.148. The van der Waals surface area contributed by atoms with Crippen LogP contribution in [0.25, 0.3) is 5.57 Å². The van der Waals surface area contributed by atoms with E-state index < -0.39 is 12.0 Å². The van der Waals surface area contributed by atoms with Crippen molar-refractivity contribution in [1.29, 1.82) is 0 Å². The molecular weight excluding hydrogens is 274 g/mol. The molecule has 1 N–H and O–H groups in total. The second-order valence-corrected chi connectivity index (χ2v) is 5.26. The Morgan fingerprint density at radius 2 is 2.05 bits per heavy atom. The van der Waals surface area contributed by atoms with Gasteiger partial charge in [-0.2, -0.15) is 12.6 Å². The maximum absolute atomic E-state index is 12.2. The Kier molecular flexibility index (Phi) is 4.49. The SMILES string of the molecule is C[C@H](CS)C(=O)N1CC(c2ccccc2)=CC1C(=O)O. The smallest absolute Gasteiger partial charge is 0.330 e. The molecule has 0 spiro atoms. The van der Waals surface area contributed by atoms with Crippen molar-refractivity contribution in [2.24, 2.45) is 5.92 Å². The largest absolute Gasteiger partial charge is 0.479 e. The van der Waals surface area contributed by atoms with Crippen LogP contribution in [0.15, 0.2) is 36.4 Å². The molecule has 0 aromatic heterocycles. The average Bonchev–Trinajstić information content (AvgIpc) is 2.92. The van der Waals surface area contributed by atoms with Gasteiger partial charge in [-0.15, -0.1) is 0 Å². The summed E-state index contributed by atoms with van der Waals surface area (Å²) < 4.78 is 0. The van der Waals surface area contributed by atoms with Crippen molar-refractivity contribution in [2.45, 2.75) is 13.0 Å². The summed E-state index contributed by atoms with van der Waals surface area (Å²) >= 11 is 4.11. The van der Waals surface area contributed by atoms with E-state index in [0.29, 0.717) is 12.3 Å². The molecule has 0 fully saturated rings. The second kappa shape index (κ2) is 6.13. The van der Waals surface area contributed by atoms with Gasteiger partial charge in [0.05, 0.1) is 0 Å². The Labute approximate surface area is 123 Å². The van der Waals surface area contributed by atoms with Crippen LogP contribution in [0.5, 0.6) is 0 Å². The fraction of sp³-hybridized carbons (Fsp3) is 0.333. The van der Waals surface area contributed by atoms with Gasteiger partial charge in [0, 0.05) is 18.2 Å². The zero-order valence-corrected chi connectivity index (χ0v) is 12.1. The molecule has 5 heteroatoms. The average molecular weight is 291 g/mol. The first-order chi connectivity index (χ1) is 9.54. The van der Waals surface area contributed by atoms with Gasteiger partial charge in [0.1, 0.15) is 6.04 Å². The molecule has 2 rings (SSSR count). The molecule has 1 unspecified atom stereocenters. The Bertz CT molecular complexity index is 541. The van der Waals surface area contributed by atoms with Gasteiger partial charge >= 0.3 is 5.97 Å². The third-order valence-electron chi connectivity index (χ3n) is 3.41. The summed E-state index contributed by atoms with van der Waals surface area (Å²) in [6.07, 6.45) is 1.65. The maximum Gasteiger partial charge on any atom is 0.330 e. The number of amides is 1. The standard InChI is InChI=1S/C15H17NO3S/c1-10(9-20)14(17)16-8-12(7-13(16)15(18)19)11-5-3-2-4-6-11/h2-7,10,13,20H,8-9H2,1H3,(H,18,19)/t10-,13?/m1/s1. The molecule has 0 aliphatic carbocycles. The quantitative estimate of drug-likeness (QED) is 0.833. The zero-order chi connectivity index (χ0) is 14.7. The molecular formula is C15H17NO3S. The van der Waals surface area contributed by atoms with Gasteiger partial charge < -0.3 is 10.0 Å². The first-order valence-electron chi connectivity index (χ1n) is 6.45. The third-order valence-corrected chi connectivity index (χ3v) is 3.96. The van der Waals surface area contributed by atoms with E-state index in [9.17, 15) is 14.7 Å². The van der Waals surface area contributed by atoms with Crippen LogP contribution in [0.3, 0.4) is 0 Å².